The maximum absolute atomic E-state index is 12.4. The molecule has 0 radical (unpaired) electrons. The lowest BCUT2D eigenvalue weighted by molar-refractivity contribution is -0.138. The number of carboxylic acid groups (broad SMARTS) is 1. The molecule has 20 heavy (non-hydrogen) atoms. The highest BCUT2D eigenvalue weighted by Crippen LogP contribution is 2.25. The summed E-state index contributed by atoms with van der Waals surface area (Å²) >= 11 is 6.17. The molecule has 0 saturated heterocycles. The first-order chi connectivity index (χ1) is 9.23. The average molecular weight is 298 g/mol. The maximum Gasteiger partial charge on any atom is 0.323 e. The predicted octanol–water partition coefficient (Wildman–Crippen LogP) is 3.40. The van der Waals surface area contributed by atoms with Crippen LogP contribution in [0.25, 0.3) is 0 Å². The Hall–Kier alpha value is -1.55. The second-order valence-electron chi connectivity index (χ2n) is 5.31. The van der Waals surface area contributed by atoms with Crippen molar-refractivity contribution in [1.82, 2.24) is 4.90 Å². The van der Waals surface area contributed by atoms with Crippen LogP contribution in [0.2, 0.25) is 5.02 Å². The molecule has 5 heteroatoms. The van der Waals surface area contributed by atoms with Gasteiger partial charge in [0, 0.05) is 16.6 Å². The van der Waals surface area contributed by atoms with Crippen LogP contribution in [-0.2, 0) is 4.79 Å². The van der Waals surface area contributed by atoms with Crippen molar-refractivity contribution in [3.05, 3.63) is 34.3 Å². The van der Waals surface area contributed by atoms with Gasteiger partial charge >= 0.3 is 5.97 Å². The first-order valence-electron chi connectivity index (χ1n) is 6.56. The van der Waals surface area contributed by atoms with Crippen molar-refractivity contribution in [3.63, 3.8) is 0 Å². The molecule has 0 aromatic heterocycles. The smallest absolute Gasteiger partial charge is 0.323 e. The second-order valence-corrected chi connectivity index (χ2v) is 5.72. The molecule has 0 aliphatic carbocycles. The number of rotatable bonds is 5. The summed E-state index contributed by atoms with van der Waals surface area (Å²) in [5.41, 5.74) is 1.38. The summed E-state index contributed by atoms with van der Waals surface area (Å²) in [6, 6.07) is 4.93. The molecule has 0 aliphatic rings. The molecule has 1 rings (SSSR count). The third kappa shape index (κ3) is 3.97. The maximum atomic E-state index is 12.4. The highest BCUT2D eigenvalue weighted by atomic mass is 35.5. The zero-order valence-electron chi connectivity index (χ0n) is 12.2. The largest absolute Gasteiger partial charge is 0.480 e. The Bertz CT molecular complexity index is 512. The van der Waals surface area contributed by atoms with Crippen LogP contribution < -0.4 is 0 Å². The van der Waals surface area contributed by atoms with Crippen LogP contribution in [0.4, 0.5) is 0 Å². The van der Waals surface area contributed by atoms with Gasteiger partial charge in [0.2, 0.25) is 0 Å². The number of carbonyl (C=O) groups excluding carboxylic acids is 1. The van der Waals surface area contributed by atoms with Gasteiger partial charge in [0.15, 0.2) is 0 Å². The molecule has 0 saturated carbocycles. The van der Waals surface area contributed by atoms with Gasteiger partial charge in [-0.2, -0.15) is 0 Å². The summed E-state index contributed by atoms with van der Waals surface area (Å²) < 4.78 is 0. The van der Waals surface area contributed by atoms with E-state index in [2.05, 4.69) is 0 Å². The summed E-state index contributed by atoms with van der Waals surface area (Å²) in [5, 5.41) is 9.41. The lowest BCUT2D eigenvalue weighted by Gasteiger charge is -2.25. The van der Waals surface area contributed by atoms with Crippen molar-refractivity contribution >= 4 is 23.5 Å². The molecule has 0 heterocycles. The molecule has 0 unspecified atom stereocenters. The molecule has 1 amide bonds. The van der Waals surface area contributed by atoms with E-state index in [0.29, 0.717) is 10.6 Å². The topological polar surface area (TPSA) is 57.6 Å². The Kier molecular flexibility index (Phi) is 5.57. The molecule has 1 aromatic rings. The number of hydrogen-bond acceptors (Lipinski definition) is 2. The van der Waals surface area contributed by atoms with Crippen molar-refractivity contribution in [1.29, 1.82) is 0 Å². The lowest BCUT2D eigenvalue weighted by Crippen LogP contribution is -2.40. The third-order valence-electron chi connectivity index (χ3n) is 3.06. The van der Waals surface area contributed by atoms with Crippen molar-refractivity contribution in [2.75, 3.05) is 6.54 Å². The van der Waals surface area contributed by atoms with E-state index in [0.717, 1.165) is 5.56 Å². The number of aliphatic carboxylic acids is 1. The second kappa shape index (κ2) is 6.75. The van der Waals surface area contributed by atoms with Crippen LogP contribution in [0.5, 0.6) is 0 Å². The molecule has 0 bridgehead atoms. The van der Waals surface area contributed by atoms with Gasteiger partial charge in [-0.25, -0.2) is 0 Å². The fourth-order valence-electron chi connectivity index (χ4n) is 1.93. The standard InChI is InChI=1S/C15H20ClNO3/c1-9(2)12-6-5-11(7-13(12)16)15(20)17(10(3)4)8-14(18)19/h5-7,9-10H,8H2,1-4H3,(H,18,19). The average Bonchev–Trinajstić information content (AvgIpc) is 2.34. The van der Waals surface area contributed by atoms with Gasteiger partial charge in [0.1, 0.15) is 6.54 Å². The Morgan fingerprint density at radius 1 is 1.25 bits per heavy atom. The Morgan fingerprint density at radius 2 is 1.85 bits per heavy atom. The molecule has 1 aromatic carbocycles. The van der Waals surface area contributed by atoms with E-state index in [1.807, 2.05) is 19.9 Å². The molecule has 1 N–H and O–H groups in total. The van der Waals surface area contributed by atoms with E-state index in [4.69, 9.17) is 16.7 Å². The molecular weight excluding hydrogens is 278 g/mol. The number of carbonyl (C=O) groups is 2. The van der Waals surface area contributed by atoms with Crippen LogP contribution >= 0.6 is 11.6 Å². The summed E-state index contributed by atoms with van der Waals surface area (Å²) in [7, 11) is 0. The van der Waals surface area contributed by atoms with Crippen molar-refractivity contribution in [3.8, 4) is 0 Å². The highest BCUT2D eigenvalue weighted by Gasteiger charge is 2.22. The number of benzene rings is 1. The minimum Gasteiger partial charge on any atom is -0.480 e. The van der Waals surface area contributed by atoms with Crippen LogP contribution in [0.15, 0.2) is 18.2 Å². The van der Waals surface area contributed by atoms with E-state index in [-0.39, 0.29) is 24.4 Å². The lowest BCUT2D eigenvalue weighted by atomic mass is 10.0. The molecule has 0 atom stereocenters. The van der Waals surface area contributed by atoms with Crippen molar-refractivity contribution < 1.29 is 14.7 Å². The van der Waals surface area contributed by atoms with Crippen LogP contribution in [0.3, 0.4) is 0 Å². The van der Waals surface area contributed by atoms with Gasteiger partial charge in [0.25, 0.3) is 5.91 Å². The zero-order chi connectivity index (χ0) is 15.4. The summed E-state index contributed by atoms with van der Waals surface area (Å²) in [6.07, 6.45) is 0. The molecular formula is C15H20ClNO3. The van der Waals surface area contributed by atoms with E-state index < -0.39 is 5.97 Å². The summed E-state index contributed by atoms with van der Waals surface area (Å²) in [4.78, 5) is 24.5. The number of carboxylic acids is 1. The van der Waals surface area contributed by atoms with Crippen molar-refractivity contribution in [2.24, 2.45) is 0 Å². The van der Waals surface area contributed by atoms with E-state index >= 15 is 0 Å². The SMILES string of the molecule is CC(C)c1ccc(C(=O)N(CC(=O)O)C(C)C)cc1Cl. The van der Waals surface area contributed by atoms with Crippen molar-refractivity contribution in [2.45, 2.75) is 39.7 Å². The number of nitrogens with zero attached hydrogens (tertiary/aromatic N) is 1. The Morgan fingerprint density at radius 3 is 2.25 bits per heavy atom. The zero-order valence-corrected chi connectivity index (χ0v) is 12.9. The summed E-state index contributed by atoms with van der Waals surface area (Å²) in [6.45, 7) is 7.29. The van der Waals surface area contributed by atoms with Gasteiger partial charge in [-0.1, -0.05) is 31.5 Å². The Balaban J connectivity index is 3.06. The molecule has 110 valence electrons. The van der Waals surface area contributed by atoms with Gasteiger partial charge in [-0.05, 0) is 37.5 Å². The fourth-order valence-corrected chi connectivity index (χ4v) is 2.33. The first-order valence-corrected chi connectivity index (χ1v) is 6.94. The minimum absolute atomic E-state index is 0.192. The van der Waals surface area contributed by atoms with Gasteiger partial charge in [0.05, 0.1) is 0 Å². The van der Waals surface area contributed by atoms with E-state index in [1.54, 1.807) is 26.0 Å². The Labute approximate surface area is 124 Å². The quantitative estimate of drug-likeness (QED) is 0.906. The van der Waals surface area contributed by atoms with Crippen LogP contribution in [0.1, 0.15) is 49.5 Å². The van der Waals surface area contributed by atoms with Gasteiger partial charge in [-0.15, -0.1) is 0 Å². The first kappa shape index (κ1) is 16.5. The summed E-state index contributed by atoms with van der Waals surface area (Å²) in [5.74, 6) is -1.08. The normalized spacial score (nSPS) is 10.9. The van der Waals surface area contributed by atoms with Crippen LogP contribution in [0, 0.1) is 0 Å². The fraction of sp³-hybridized carbons (Fsp3) is 0.467. The molecule has 0 fully saturated rings. The molecule has 0 aliphatic heterocycles. The monoisotopic (exact) mass is 297 g/mol. The highest BCUT2D eigenvalue weighted by molar-refractivity contribution is 6.31. The predicted molar refractivity (Wildman–Crippen MR) is 79.3 cm³/mol. The number of amides is 1. The van der Waals surface area contributed by atoms with Crippen LogP contribution in [-0.4, -0.2) is 34.5 Å². The number of halogens is 1. The number of hydrogen-bond donors (Lipinski definition) is 1. The minimum atomic E-state index is -1.03. The van der Waals surface area contributed by atoms with E-state index in [9.17, 15) is 9.59 Å². The third-order valence-corrected chi connectivity index (χ3v) is 3.39. The molecule has 0 spiro atoms. The van der Waals surface area contributed by atoms with E-state index in [1.165, 1.54) is 4.90 Å². The van der Waals surface area contributed by atoms with Gasteiger partial charge in [-0.3, -0.25) is 9.59 Å². The van der Waals surface area contributed by atoms with Gasteiger partial charge < -0.3 is 10.0 Å². The molecule has 4 nitrogen and oxygen atoms in total.